The molecule has 0 aromatic rings. The van der Waals surface area contributed by atoms with Crippen molar-refractivity contribution < 1.29 is 0 Å². The summed E-state index contributed by atoms with van der Waals surface area (Å²) >= 11 is 0. The minimum absolute atomic E-state index is 0.745. The molecule has 1 saturated carbocycles. The monoisotopic (exact) mass is 124 g/mol. The lowest BCUT2D eigenvalue weighted by atomic mass is 9.96. The Balaban J connectivity index is 2.05. The highest BCUT2D eigenvalue weighted by Crippen LogP contribution is 2.58. The lowest BCUT2D eigenvalue weighted by Crippen LogP contribution is -2.11. The Kier molecular flexibility index (Phi) is 1.10. The van der Waals surface area contributed by atoms with Gasteiger partial charge in [0.1, 0.15) is 0 Å². The van der Waals surface area contributed by atoms with Crippen molar-refractivity contribution in [2.24, 2.45) is 5.41 Å². The van der Waals surface area contributed by atoms with Crippen LogP contribution in [0.4, 0.5) is 0 Å². The summed E-state index contributed by atoms with van der Waals surface area (Å²) < 4.78 is 0. The fourth-order valence-corrected chi connectivity index (χ4v) is 2.11. The molecule has 1 aliphatic heterocycles. The number of hydrogen-bond acceptors (Lipinski definition) is 0. The molecule has 1 nitrogen and oxygen atoms in total. The lowest BCUT2D eigenvalue weighted by Gasteiger charge is -2.26. The molecule has 2 fully saturated rings. The van der Waals surface area contributed by atoms with Crippen LogP contribution in [0.1, 0.15) is 32.6 Å². The molecular weight excluding hydrogens is 110 g/mol. The molecule has 0 radical (unpaired) electrons. The van der Waals surface area contributed by atoms with Crippen molar-refractivity contribution in [3.63, 3.8) is 0 Å². The Bertz CT molecular complexity index is 116. The highest BCUT2D eigenvalue weighted by molar-refractivity contribution is 5.17. The first-order valence-corrected chi connectivity index (χ1v) is 4.04. The van der Waals surface area contributed by atoms with Crippen LogP contribution in [-0.4, -0.2) is 12.6 Å². The van der Waals surface area contributed by atoms with Crippen LogP contribution in [0.15, 0.2) is 0 Å². The molecule has 1 saturated heterocycles. The number of nitrogens with zero attached hydrogens (tertiary/aromatic N) is 1. The van der Waals surface area contributed by atoms with Crippen LogP contribution >= 0.6 is 0 Å². The fourth-order valence-electron chi connectivity index (χ4n) is 2.11. The molecule has 1 heteroatoms. The Morgan fingerprint density at radius 1 is 1.44 bits per heavy atom. The summed E-state index contributed by atoms with van der Waals surface area (Å²) in [5.74, 6) is 0. The van der Waals surface area contributed by atoms with Crippen LogP contribution < -0.4 is 0 Å². The lowest BCUT2D eigenvalue weighted by molar-refractivity contribution is 0.466. The Labute approximate surface area is 56.8 Å². The van der Waals surface area contributed by atoms with Gasteiger partial charge in [-0.15, -0.1) is 12.6 Å². The van der Waals surface area contributed by atoms with Crippen LogP contribution in [0.2, 0.25) is 0 Å². The van der Waals surface area contributed by atoms with Crippen molar-refractivity contribution in [3.05, 3.63) is 5.32 Å². The molecule has 0 N–H and O–H groups in total. The average molecular weight is 124 g/mol. The summed E-state index contributed by atoms with van der Waals surface area (Å²) in [5, 5.41) is 4.57. The quantitative estimate of drug-likeness (QED) is 0.509. The van der Waals surface area contributed by atoms with E-state index in [0.717, 1.165) is 18.0 Å². The topological polar surface area (TPSA) is 14.1 Å². The third-order valence-electron chi connectivity index (χ3n) is 2.94. The molecule has 9 heavy (non-hydrogen) atoms. The summed E-state index contributed by atoms with van der Waals surface area (Å²) in [6.07, 6.45) is 5.61. The second-order valence-electron chi connectivity index (χ2n) is 3.44. The van der Waals surface area contributed by atoms with Gasteiger partial charge in [-0.1, -0.05) is 19.8 Å². The van der Waals surface area contributed by atoms with Crippen molar-refractivity contribution in [3.8, 4) is 0 Å². The first kappa shape index (κ1) is 5.72. The Morgan fingerprint density at radius 2 is 2.22 bits per heavy atom. The molecule has 1 heterocycles. The van der Waals surface area contributed by atoms with E-state index >= 15 is 0 Å². The number of hydrogen-bond donors (Lipinski definition) is 0. The smallest absolute Gasteiger partial charge is 0.0474 e. The van der Waals surface area contributed by atoms with Crippen molar-refractivity contribution in [1.29, 1.82) is 0 Å². The zero-order chi connectivity index (χ0) is 6.32. The highest BCUT2D eigenvalue weighted by atomic mass is 15.0. The maximum atomic E-state index is 4.57. The minimum atomic E-state index is 0.745. The van der Waals surface area contributed by atoms with Gasteiger partial charge in [-0.2, -0.15) is 0 Å². The molecule has 1 unspecified atom stereocenters. The van der Waals surface area contributed by atoms with Gasteiger partial charge >= 0.3 is 0 Å². The highest BCUT2D eigenvalue weighted by Gasteiger charge is 2.45. The van der Waals surface area contributed by atoms with Crippen molar-refractivity contribution in [2.75, 3.05) is 6.54 Å². The molecule has 52 valence electrons. The maximum Gasteiger partial charge on any atom is -0.0474 e. The van der Waals surface area contributed by atoms with E-state index in [9.17, 15) is 0 Å². The van der Waals surface area contributed by atoms with Gasteiger partial charge in [-0.25, -0.2) is 0 Å². The molecule has 2 rings (SSSR count). The first-order valence-electron chi connectivity index (χ1n) is 4.04. The maximum absolute atomic E-state index is 4.57. The van der Waals surface area contributed by atoms with E-state index in [1.54, 1.807) is 0 Å². The molecule has 1 spiro atoms. The van der Waals surface area contributed by atoms with E-state index in [-0.39, 0.29) is 0 Å². The van der Waals surface area contributed by atoms with Crippen molar-refractivity contribution in [2.45, 2.75) is 38.6 Å². The predicted molar refractivity (Wildman–Crippen MR) is 38.6 cm³/mol. The molecule has 0 aromatic heterocycles. The van der Waals surface area contributed by atoms with Crippen LogP contribution in [-0.2, 0) is 0 Å². The van der Waals surface area contributed by atoms with Crippen LogP contribution in [0, 0.1) is 5.41 Å². The molecule has 0 bridgehead atoms. The van der Waals surface area contributed by atoms with Gasteiger partial charge in [0.05, 0.1) is 0 Å². The van der Waals surface area contributed by atoms with E-state index < -0.39 is 0 Å². The summed E-state index contributed by atoms with van der Waals surface area (Å²) in [7, 11) is 0. The van der Waals surface area contributed by atoms with Crippen LogP contribution in [0.5, 0.6) is 0 Å². The summed E-state index contributed by atoms with van der Waals surface area (Å²) in [6, 6.07) is 0.748. The van der Waals surface area contributed by atoms with Gasteiger partial charge in [0.15, 0.2) is 0 Å². The normalized spacial score (nSPS) is 37.7. The number of rotatable bonds is 1. The van der Waals surface area contributed by atoms with E-state index in [4.69, 9.17) is 0 Å². The molecule has 2 aliphatic rings. The van der Waals surface area contributed by atoms with Gasteiger partial charge in [-0.3, -0.25) is 0 Å². The van der Waals surface area contributed by atoms with Crippen molar-refractivity contribution >= 4 is 0 Å². The van der Waals surface area contributed by atoms with E-state index in [0.29, 0.717) is 0 Å². The van der Waals surface area contributed by atoms with Crippen molar-refractivity contribution in [1.82, 2.24) is 0 Å². The van der Waals surface area contributed by atoms with Gasteiger partial charge in [0.2, 0.25) is 0 Å². The molecule has 1 aliphatic carbocycles. The first-order chi connectivity index (χ1) is 4.37. The predicted octanol–water partition coefficient (Wildman–Crippen LogP) is 2.32. The van der Waals surface area contributed by atoms with Gasteiger partial charge < -0.3 is 5.32 Å². The summed E-state index contributed by atoms with van der Waals surface area (Å²) in [4.78, 5) is 0. The molecule has 0 aromatic carbocycles. The molecule has 1 atom stereocenters. The fraction of sp³-hybridized carbons (Fsp3) is 1.00. The second-order valence-corrected chi connectivity index (χ2v) is 3.44. The molecule has 0 amide bonds. The average Bonchev–Trinajstić information content (AvgIpc) is 2.45. The third-order valence-corrected chi connectivity index (χ3v) is 2.94. The molecular formula is C8H14N-. The van der Waals surface area contributed by atoms with Crippen LogP contribution in [0.3, 0.4) is 0 Å². The van der Waals surface area contributed by atoms with Gasteiger partial charge in [-0.05, 0) is 18.3 Å². The SMILES string of the molecule is CCC1[N-]CCC12CC2. The summed E-state index contributed by atoms with van der Waals surface area (Å²) in [6.45, 7) is 3.41. The second kappa shape index (κ2) is 1.72. The van der Waals surface area contributed by atoms with E-state index in [2.05, 4.69) is 12.2 Å². The zero-order valence-electron chi connectivity index (χ0n) is 6.06. The van der Waals surface area contributed by atoms with E-state index in [1.807, 2.05) is 0 Å². The summed E-state index contributed by atoms with van der Waals surface area (Å²) in [5.41, 5.74) is 0.745. The Morgan fingerprint density at radius 3 is 2.67 bits per heavy atom. The Hall–Kier alpha value is -0.0400. The van der Waals surface area contributed by atoms with Gasteiger partial charge in [0, 0.05) is 0 Å². The standard InChI is InChI=1S/C8H14N/c1-2-7-8(3-4-8)5-6-9-7/h7H,2-6H2,1H3/q-1. The van der Waals surface area contributed by atoms with E-state index in [1.165, 1.54) is 25.7 Å². The van der Waals surface area contributed by atoms with Crippen LogP contribution in [0.25, 0.3) is 5.32 Å². The minimum Gasteiger partial charge on any atom is -0.659 e. The third kappa shape index (κ3) is 0.710. The zero-order valence-corrected chi connectivity index (χ0v) is 6.06. The van der Waals surface area contributed by atoms with Gasteiger partial charge in [0.25, 0.3) is 0 Å². The largest absolute Gasteiger partial charge is 0.659 e.